The summed E-state index contributed by atoms with van der Waals surface area (Å²) in [6, 6.07) is 0.566. The maximum Gasteiger partial charge on any atom is 0.254 e. The number of hydrogen-bond acceptors (Lipinski definition) is 5. The third kappa shape index (κ3) is 3.60. The minimum atomic E-state index is -0.0846. The summed E-state index contributed by atoms with van der Waals surface area (Å²) in [6.07, 6.45) is 4.18. The molecule has 18 heavy (non-hydrogen) atoms. The second-order valence-electron chi connectivity index (χ2n) is 4.63. The zero-order chi connectivity index (χ0) is 13.0. The van der Waals surface area contributed by atoms with E-state index in [0.717, 1.165) is 17.9 Å². The fourth-order valence-electron chi connectivity index (χ4n) is 1.70. The Labute approximate surface area is 111 Å². The first-order chi connectivity index (χ1) is 8.65. The van der Waals surface area contributed by atoms with Crippen LogP contribution < -0.4 is 10.6 Å². The van der Waals surface area contributed by atoms with Crippen molar-refractivity contribution in [1.29, 1.82) is 0 Å². The molecular weight excluding hydrogens is 248 g/mol. The van der Waals surface area contributed by atoms with E-state index in [1.807, 2.05) is 25.6 Å². The van der Waals surface area contributed by atoms with Crippen LogP contribution in [0.25, 0.3) is 0 Å². The van der Waals surface area contributed by atoms with Gasteiger partial charge in [-0.25, -0.2) is 9.97 Å². The molecule has 0 spiro atoms. The van der Waals surface area contributed by atoms with Crippen molar-refractivity contribution in [3.05, 3.63) is 18.0 Å². The van der Waals surface area contributed by atoms with Crippen LogP contribution in [0, 0.1) is 0 Å². The van der Waals surface area contributed by atoms with Crippen molar-refractivity contribution in [1.82, 2.24) is 15.3 Å². The van der Waals surface area contributed by atoms with Gasteiger partial charge in [0.2, 0.25) is 5.95 Å². The Balaban J connectivity index is 1.93. The molecule has 1 unspecified atom stereocenters. The van der Waals surface area contributed by atoms with Gasteiger partial charge in [0.1, 0.15) is 0 Å². The van der Waals surface area contributed by atoms with E-state index >= 15 is 0 Å². The molecule has 0 saturated carbocycles. The van der Waals surface area contributed by atoms with Gasteiger partial charge in [-0.1, -0.05) is 0 Å². The van der Waals surface area contributed by atoms with Crippen molar-refractivity contribution >= 4 is 23.6 Å². The van der Waals surface area contributed by atoms with Crippen LogP contribution in [0.3, 0.4) is 0 Å². The predicted molar refractivity (Wildman–Crippen MR) is 74.0 cm³/mol. The van der Waals surface area contributed by atoms with Crippen LogP contribution in [0.2, 0.25) is 0 Å². The Morgan fingerprint density at radius 2 is 2.17 bits per heavy atom. The SMILES string of the molecule is CC(C)Nc1ncc(C(=O)NC2CCSC2)cn1. The highest BCUT2D eigenvalue weighted by molar-refractivity contribution is 7.99. The number of amides is 1. The summed E-state index contributed by atoms with van der Waals surface area (Å²) in [7, 11) is 0. The molecule has 1 aromatic rings. The number of nitrogens with zero attached hydrogens (tertiary/aromatic N) is 2. The van der Waals surface area contributed by atoms with Gasteiger partial charge < -0.3 is 10.6 Å². The number of hydrogen-bond donors (Lipinski definition) is 2. The fourth-order valence-corrected chi connectivity index (χ4v) is 2.85. The van der Waals surface area contributed by atoms with Gasteiger partial charge in [0.25, 0.3) is 5.91 Å². The third-order valence-electron chi connectivity index (χ3n) is 2.60. The van der Waals surface area contributed by atoms with E-state index < -0.39 is 0 Å². The first-order valence-corrected chi connectivity index (χ1v) is 7.28. The number of rotatable bonds is 4. The Kier molecular flexibility index (Phi) is 4.41. The van der Waals surface area contributed by atoms with Gasteiger partial charge in [-0.15, -0.1) is 0 Å². The maximum absolute atomic E-state index is 11.9. The maximum atomic E-state index is 11.9. The molecule has 0 radical (unpaired) electrons. The van der Waals surface area contributed by atoms with Crippen LogP contribution in [-0.2, 0) is 0 Å². The third-order valence-corrected chi connectivity index (χ3v) is 3.76. The van der Waals surface area contributed by atoms with E-state index in [1.54, 1.807) is 12.4 Å². The fraction of sp³-hybridized carbons (Fsp3) is 0.583. The molecule has 1 fully saturated rings. The molecule has 1 aliphatic heterocycles. The van der Waals surface area contributed by atoms with E-state index in [1.165, 1.54) is 0 Å². The summed E-state index contributed by atoms with van der Waals surface area (Å²) in [5, 5.41) is 6.08. The molecule has 1 aliphatic rings. The molecule has 6 heteroatoms. The highest BCUT2D eigenvalue weighted by atomic mass is 32.2. The molecule has 0 aromatic carbocycles. The highest BCUT2D eigenvalue weighted by Crippen LogP contribution is 2.17. The smallest absolute Gasteiger partial charge is 0.254 e. The molecule has 1 saturated heterocycles. The number of aromatic nitrogens is 2. The van der Waals surface area contributed by atoms with Crippen molar-refractivity contribution in [2.24, 2.45) is 0 Å². The predicted octanol–water partition coefficient (Wildman–Crippen LogP) is 1.53. The van der Waals surface area contributed by atoms with Gasteiger partial charge in [0.05, 0.1) is 5.56 Å². The van der Waals surface area contributed by atoms with Crippen molar-refractivity contribution < 1.29 is 4.79 Å². The van der Waals surface area contributed by atoms with Gasteiger partial charge in [0, 0.05) is 30.2 Å². The molecule has 0 aliphatic carbocycles. The molecule has 2 N–H and O–H groups in total. The van der Waals surface area contributed by atoms with Gasteiger partial charge in [-0.05, 0) is 26.0 Å². The van der Waals surface area contributed by atoms with Crippen molar-refractivity contribution in [2.45, 2.75) is 32.4 Å². The summed E-state index contributed by atoms with van der Waals surface area (Å²) in [5.41, 5.74) is 0.515. The van der Waals surface area contributed by atoms with Crippen LogP contribution in [0.1, 0.15) is 30.6 Å². The van der Waals surface area contributed by atoms with E-state index in [9.17, 15) is 4.79 Å². The quantitative estimate of drug-likeness (QED) is 0.865. The summed E-state index contributed by atoms with van der Waals surface area (Å²) in [5.74, 6) is 2.59. The lowest BCUT2D eigenvalue weighted by molar-refractivity contribution is 0.0940. The van der Waals surface area contributed by atoms with Gasteiger partial charge in [0.15, 0.2) is 0 Å². The Morgan fingerprint density at radius 1 is 1.44 bits per heavy atom. The Bertz CT molecular complexity index is 401. The number of carbonyl (C=O) groups excluding carboxylic acids is 1. The first-order valence-electron chi connectivity index (χ1n) is 6.12. The normalized spacial score (nSPS) is 18.9. The summed E-state index contributed by atoms with van der Waals surface area (Å²) < 4.78 is 0. The van der Waals surface area contributed by atoms with Gasteiger partial charge in [-0.3, -0.25) is 4.79 Å². The largest absolute Gasteiger partial charge is 0.352 e. The average molecular weight is 266 g/mol. The molecule has 0 bridgehead atoms. The lowest BCUT2D eigenvalue weighted by Crippen LogP contribution is -2.34. The zero-order valence-electron chi connectivity index (χ0n) is 10.6. The minimum absolute atomic E-state index is 0.0846. The number of anilines is 1. The molecule has 2 rings (SSSR count). The van der Waals surface area contributed by atoms with Crippen LogP contribution >= 0.6 is 11.8 Å². The van der Waals surface area contributed by atoms with E-state index in [2.05, 4.69) is 20.6 Å². The van der Waals surface area contributed by atoms with Gasteiger partial charge in [-0.2, -0.15) is 11.8 Å². The monoisotopic (exact) mass is 266 g/mol. The molecule has 1 atom stereocenters. The lowest BCUT2D eigenvalue weighted by Gasteiger charge is -2.11. The van der Waals surface area contributed by atoms with Crippen molar-refractivity contribution in [3.63, 3.8) is 0 Å². The van der Waals surface area contributed by atoms with E-state index in [-0.39, 0.29) is 18.0 Å². The van der Waals surface area contributed by atoms with Crippen LogP contribution in [0.5, 0.6) is 0 Å². The van der Waals surface area contributed by atoms with Crippen LogP contribution in [-0.4, -0.2) is 39.5 Å². The number of carbonyl (C=O) groups is 1. The molecule has 1 amide bonds. The average Bonchev–Trinajstić information content (AvgIpc) is 2.82. The second-order valence-corrected chi connectivity index (χ2v) is 5.78. The van der Waals surface area contributed by atoms with E-state index in [4.69, 9.17) is 0 Å². The standard InChI is InChI=1S/C12H18N4OS/c1-8(2)15-12-13-5-9(6-14-12)11(17)16-10-3-4-18-7-10/h5-6,8,10H,3-4,7H2,1-2H3,(H,16,17)(H,13,14,15). The number of nitrogens with one attached hydrogen (secondary N) is 2. The molecule has 2 heterocycles. The van der Waals surface area contributed by atoms with Gasteiger partial charge >= 0.3 is 0 Å². The Hall–Kier alpha value is -1.30. The van der Waals surface area contributed by atoms with E-state index in [0.29, 0.717) is 11.5 Å². The zero-order valence-corrected chi connectivity index (χ0v) is 11.5. The molecule has 1 aromatic heterocycles. The Morgan fingerprint density at radius 3 is 2.72 bits per heavy atom. The molecule has 5 nitrogen and oxygen atoms in total. The van der Waals surface area contributed by atoms with Crippen molar-refractivity contribution in [3.8, 4) is 0 Å². The topological polar surface area (TPSA) is 66.9 Å². The second kappa shape index (κ2) is 6.04. The van der Waals surface area contributed by atoms with Crippen molar-refractivity contribution in [2.75, 3.05) is 16.8 Å². The first kappa shape index (κ1) is 13.1. The molecular formula is C12H18N4OS. The summed E-state index contributed by atoms with van der Waals surface area (Å²) in [6.45, 7) is 4.03. The number of thioether (sulfide) groups is 1. The highest BCUT2D eigenvalue weighted by Gasteiger charge is 2.18. The van der Waals surface area contributed by atoms with Crippen LogP contribution in [0.4, 0.5) is 5.95 Å². The summed E-state index contributed by atoms with van der Waals surface area (Å²) in [4.78, 5) is 20.2. The van der Waals surface area contributed by atoms with Crippen LogP contribution in [0.15, 0.2) is 12.4 Å². The lowest BCUT2D eigenvalue weighted by atomic mass is 10.2. The summed E-state index contributed by atoms with van der Waals surface area (Å²) >= 11 is 1.87. The molecule has 98 valence electrons. The minimum Gasteiger partial charge on any atom is -0.352 e.